The number of hydrogen-bond acceptors (Lipinski definition) is 7. The van der Waals surface area contributed by atoms with Crippen molar-refractivity contribution in [3.8, 4) is 11.5 Å². The maximum atomic E-state index is 12.3. The van der Waals surface area contributed by atoms with Crippen LogP contribution in [0.4, 0.5) is 17.1 Å². The van der Waals surface area contributed by atoms with Crippen molar-refractivity contribution in [1.29, 1.82) is 0 Å². The summed E-state index contributed by atoms with van der Waals surface area (Å²) in [5, 5.41) is 22.0. The number of nitrogens with one attached hydrogen (secondary N) is 3. The molecule has 1 amide bonds. The summed E-state index contributed by atoms with van der Waals surface area (Å²) in [5.74, 6) is -1.40. The van der Waals surface area contributed by atoms with E-state index in [1.54, 1.807) is 0 Å². The molecule has 0 fully saturated rings. The summed E-state index contributed by atoms with van der Waals surface area (Å²) in [4.78, 5) is 12.3. The van der Waals surface area contributed by atoms with Gasteiger partial charge in [-0.25, -0.2) is 16.8 Å². The fraction of sp³-hybridized carbons (Fsp3) is 0.133. The van der Waals surface area contributed by atoms with E-state index < -0.39 is 31.7 Å². The predicted molar refractivity (Wildman–Crippen MR) is 101 cm³/mol. The molecule has 0 saturated carbocycles. The Morgan fingerprint density at radius 1 is 0.815 bits per heavy atom. The lowest BCUT2D eigenvalue weighted by Gasteiger charge is -2.11. The number of hydrogen-bond donors (Lipinski definition) is 5. The molecule has 2 aromatic carbocycles. The monoisotopic (exact) mass is 415 g/mol. The lowest BCUT2D eigenvalue weighted by molar-refractivity contribution is 0.102. The molecule has 12 heteroatoms. The molecule has 0 bridgehead atoms. The van der Waals surface area contributed by atoms with Gasteiger partial charge < -0.3 is 15.5 Å². The third kappa shape index (κ3) is 6.04. The fourth-order valence-electron chi connectivity index (χ4n) is 2.06. The van der Waals surface area contributed by atoms with Crippen LogP contribution in [0.1, 0.15) is 10.4 Å². The minimum Gasteiger partial charge on any atom is -0.506 e. The second-order valence-electron chi connectivity index (χ2n) is 5.67. The lowest BCUT2D eigenvalue weighted by atomic mass is 10.1. The predicted octanol–water partition coefficient (Wildman–Crippen LogP) is 1.09. The molecule has 0 aliphatic heterocycles. The van der Waals surface area contributed by atoms with Crippen molar-refractivity contribution < 1.29 is 31.8 Å². The van der Waals surface area contributed by atoms with Gasteiger partial charge in [0.2, 0.25) is 20.0 Å². The fourth-order valence-corrected chi connectivity index (χ4v) is 3.19. The normalized spacial score (nSPS) is 11.6. The number of amides is 1. The molecule has 0 spiro atoms. The smallest absolute Gasteiger partial charge is 0.255 e. The Morgan fingerprint density at radius 3 is 1.96 bits per heavy atom. The molecule has 0 saturated heterocycles. The molecule has 0 atom stereocenters. The average molecular weight is 415 g/mol. The van der Waals surface area contributed by atoms with E-state index in [2.05, 4.69) is 14.8 Å². The number of anilines is 3. The summed E-state index contributed by atoms with van der Waals surface area (Å²) in [6, 6.07) is 7.34. The highest BCUT2D eigenvalue weighted by atomic mass is 32.2. The minimum absolute atomic E-state index is 0.0387. The van der Waals surface area contributed by atoms with Gasteiger partial charge >= 0.3 is 0 Å². The summed E-state index contributed by atoms with van der Waals surface area (Å²) < 4.78 is 49.2. The molecule has 146 valence electrons. The van der Waals surface area contributed by atoms with E-state index in [0.717, 1.165) is 30.7 Å². The van der Waals surface area contributed by atoms with Crippen molar-refractivity contribution in [2.24, 2.45) is 0 Å². The SMILES string of the molecule is CS(=O)(=O)Nc1ccc(NC(=O)c2ccc(O)c(NS(C)(=O)=O)c2)cc1O. The molecular formula is C15H17N3O7S2. The van der Waals surface area contributed by atoms with Gasteiger partial charge in [-0.3, -0.25) is 14.2 Å². The van der Waals surface area contributed by atoms with E-state index in [0.29, 0.717) is 0 Å². The van der Waals surface area contributed by atoms with Gasteiger partial charge in [-0.1, -0.05) is 0 Å². The highest BCUT2D eigenvalue weighted by molar-refractivity contribution is 7.92. The van der Waals surface area contributed by atoms with E-state index in [1.807, 2.05) is 0 Å². The van der Waals surface area contributed by atoms with Crippen LogP contribution in [-0.2, 0) is 20.0 Å². The second kappa shape index (κ2) is 7.32. The molecule has 5 N–H and O–H groups in total. The van der Waals surface area contributed by atoms with Crippen LogP contribution in [0.3, 0.4) is 0 Å². The van der Waals surface area contributed by atoms with Gasteiger partial charge in [0.1, 0.15) is 11.5 Å². The van der Waals surface area contributed by atoms with Gasteiger partial charge in [0, 0.05) is 17.3 Å². The highest BCUT2D eigenvalue weighted by Gasteiger charge is 2.14. The summed E-state index contributed by atoms with van der Waals surface area (Å²) in [5.41, 5.74) is -0.0144. The molecule has 2 rings (SSSR count). The maximum Gasteiger partial charge on any atom is 0.255 e. The Balaban J connectivity index is 2.22. The van der Waals surface area contributed by atoms with Gasteiger partial charge in [-0.15, -0.1) is 0 Å². The van der Waals surface area contributed by atoms with Crippen LogP contribution in [0.25, 0.3) is 0 Å². The van der Waals surface area contributed by atoms with Crippen LogP contribution in [0.5, 0.6) is 11.5 Å². The molecule has 0 aliphatic carbocycles. The zero-order valence-electron chi connectivity index (χ0n) is 14.2. The molecule has 0 aromatic heterocycles. The largest absolute Gasteiger partial charge is 0.506 e. The first-order chi connectivity index (χ1) is 12.3. The van der Waals surface area contributed by atoms with E-state index >= 15 is 0 Å². The summed E-state index contributed by atoms with van der Waals surface area (Å²) in [6.07, 6.45) is 1.82. The van der Waals surface area contributed by atoms with Crippen LogP contribution in [0.2, 0.25) is 0 Å². The quantitative estimate of drug-likeness (QED) is 0.441. The standard InChI is InChI=1S/C15H17N3O7S2/c1-26(22,23)17-11-5-4-10(8-14(11)20)16-15(21)9-3-6-13(19)12(7-9)18-27(2,24)25/h3-8,17-20H,1-2H3,(H,16,21). The Labute approximate surface area is 156 Å². The van der Waals surface area contributed by atoms with E-state index in [4.69, 9.17) is 0 Å². The number of sulfonamides is 2. The van der Waals surface area contributed by atoms with E-state index in [1.165, 1.54) is 18.2 Å². The van der Waals surface area contributed by atoms with Gasteiger partial charge in [0.05, 0.1) is 23.9 Å². The number of phenols is 2. The third-order valence-electron chi connectivity index (χ3n) is 3.11. The van der Waals surface area contributed by atoms with Crippen molar-refractivity contribution >= 4 is 43.0 Å². The number of carbonyl (C=O) groups is 1. The van der Waals surface area contributed by atoms with E-state index in [-0.39, 0.29) is 28.4 Å². The van der Waals surface area contributed by atoms with Crippen LogP contribution in [-0.4, -0.2) is 45.5 Å². The maximum absolute atomic E-state index is 12.3. The van der Waals surface area contributed by atoms with Crippen molar-refractivity contribution in [3.05, 3.63) is 42.0 Å². The first-order valence-electron chi connectivity index (χ1n) is 7.27. The molecule has 27 heavy (non-hydrogen) atoms. The molecule has 2 aromatic rings. The Hall–Kier alpha value is -2.99. The first-order valence-corrected chi connectivity index (χ1v) is 11.1. The molecular weight excluding hydrogens is 398 g/mol. The highest BCUT2D eigenvalue weighted by Crippen LogP contribution is 2.29. The average Bonchev–Trinajstić information content (AvgIpc) is 2.49. The van der Waals surface area contributed by atoms with Crippen molar-refractivity contribution in [2.75, 3.05) is 27.3 Å². The molecule has 0 heterocycles. The van der Waals surface area contributed by atoms with Crippen molar-refractivity contribution in [3.63, 3.8) is 0 Å². The van der Waals surface area contributed by atoms with Crippen LogP contribution in [0.15, 0.2) is 36.4 Å². The second-order valence-corrected chi connectivity index (χ2v) is 9.16. The summed E-state index contributed by atoms with van der Waals surface area (Å²) in [7, 11) is -7.24. The van der Waals surface area contributed by atoms with Gasteiger partial charge in [-0.2, -0.15) is 0 Å². The van der Waals surface area contributed by atoms with Crippen LogP contribution in [0, 0.1) is 0 Å². The Morgan fingerprint density at radius 2 is 1.41 bits per heavy atom. The number of rotatable bonds is 6. The first kappa shape index (κ1) is 20.3. The Kier molecular flexibility index (Phi) is 5.51. The molecule has 0 radical (unpaired) electrons. The topological polar surface area (TPSA) is 162 Å². The van der Waals surface area contributed by atoms with Crippen LogP contribution >= 0.6 is 0 Å². The Bertz CT molecular complexity index is 1100. The van der Waals surface area contributed by atoms with Gasteiger partial charge in [0.15, 0.2) is 0 Å². The summed E-state index contributed by atoms with van der Waals surface area (Å²) >= 11 is 0. The van der Waals surface area contributed by atoms with Crippen molar-refractivity contribution in [1.82, 2.24) is 0 Å². The summed E-state index contributed by atoms with van der Waals surface area (Å²) in [6.45, 7) is 0. The zero-order chi connectivity index (χ0) is 20.4. The van der Waals surface area contributed by atoms with Gasteiger partial charge in [-0.05, 0) is 30.3 Å². The number of phenolic OH excluding ortho intramolecular Hbond substituents is 2. The van der Waals surface area contributed by atoms with Gasteiger partial charge in [0.25, 0.3) is 5.91 Å². The molecule has 10 nitrogen and oxygen atoms in total. The number of carbonyl (C=O) groups excluding carboxylic acids is 1. The minimum atomic E-state index is -3.66. The van der Waals surface area contributed by atoms with Crippen molar-refractivity contribution in [2.45, 2.75) is 0 Å². The molecule has 0 aliphatic rings. The number of benzene rings is 2. The number of aromatic hydroxyl groups is 2. The van der Waals surface area contributed by atoms with E-state index in [9.17, 15) is 31.8 Å². The molecule has 0 unspecified atom stereocenters. The van der Waals surface area contributed by atoms with Crippen LogP contribution < -0.4 is 14.8 Å². The third-order valence-corrected chi connectivity index (χ3v) is 4.29. The lowest BCUT2D eigenvalue weighted by Crippen LogP contribution is -2.14. The zero-order valence-corrected chi connectivity index (χ0v) is 15.8.